The number of nitrogen functional groups attached to an aromatic ring is 1. The van der Waals surface area contributed by atoms with E-state index in [0.29, 0.717) is 10.4 Å². The number of hydrogen-bond acceptors (Lipinski definition) is 3. The van der Waals surface area contributed by atoms with Gasteiger partial charge in [0.1, 0.15) is 5.82 Å². The van der Waals surface area contributed by atoms with Gasteiger partial charge >= 0.3 is 0 Å². The summed E-state index contributed by atoms with van der Waals surface area (Å²) in [7, 11) is 0. The molecule has 0 saturated carbocycles. The van der Waals surface area contributed by atoms with Gasteiger partial charge in [-0.2, -0.15) is 0 Å². The summed E-state index contributed by atoms with van der Waals surface area (Å²) in [6.07, 6.45) is 0. The molecule has 2 nitrogen and oxygen atoms in total. The summed E-state index contributed by atoms with van der Waals surface area (Å²) in [5.41, 5.74) is 7.01. The second-order valence-corrected chi connectivity index (χ2v) is 5.23. The second-order valence-electron chi connectivity index (χ2n) is 3.97. The summed E-state index contributed by atoms with van der Waals surface area (Å²) in [5.74, 6) is -0.661. The SMILES string of the molecule is Cc1cc(C)c(C(=O)c2cc(N)cc(F)c2)s1. The largest absolute Gasteiger partial charge is 0.399 e. The summed E-state index contributed by atoms with van der Waals surface area (Å²) >= 11 is 1.42. The molecule has 17 heavy (non-hydrogen) atoms. The molecule has 0 bridgehead atoms. The maximum absolute atomic E-state index is 13.2. The third kappa shape index (κ3) is 2.36. The lowest BCUT2D eigenvalue weighted by atomic mass is 10.1. The van der Waals surface area contributed by atoms with Gasteiger partial charge in [-0.1, -0.05) is 0 Å². The number of nitrogens with two attached hydrogens (primary N) is 1. The third-order valence-corrected chi connectivity index (χ3v) is 3.58. The lowest BCUT2D eigenvalue weighted by Crippen LogP contribution is -2.02. The minimum absolute atomic E-state index is 0.174. The lowest BCUT2D eigenvalue weighted by molar-refractivity contribution is 0.104. The Hall–Kier alpha value is -1.68. The zero-order valence-corrected chi connectivity index (χ0v) is 10.4. The van der Waals surface area contributed by atoms with Gasteiger partial charge in [-0.3, -0.25) is 4.79 Å². The Labute approximate surface area is 103 Å². The van der Waals surface area contributed by atoms with E-state index in [1.165, 1.54) is 29.5 Å². The molecule has 1 aromatic carbocycles. The van der Waals surface area contributed by atoms with Gasteiger partial charge in [0.05, 0.1) is 4.88 Å². The number of rotatable bonds is 2. The van der Waals surface area contributed by atoms with Crippen LogP contribution in [-0.4, -0.2) is 5.78 Å². The van der Waals surface area contributed by atoms with E-state index in [0.717, 1.165) is 10.4 Å². The summed E-state index contributed by atoms with van der Waals surface area (Å²) in [5, 5.41) is 0. The van der Waals surface area contributed by atoms with Gasteiger partial charge in [0, 0.05) is 16.1 Å². The molecule has 0 aliphatic rings. The number of benzene rings is 1. The zero-order valence-electron chi connectivity index (χ0n) is 9.58. The number of thiophene rings is 1. The topological polar surface area (TPSA) is 43.1 Å². The maximum Gasteiger partial charge on any atom is 0.203 e. The quantitative estimate of drug-likeness (QED) is 0.655. The molecule has 88 valence electrons. The van der Waals surface area contributed by atoms with Crippen molar-refractivity contribution in [3.63, 3.8) is 0 Å². The molecule has 2 rings (SSSR count). The van der Waals surface area contributed by atoms with Crippen LogP contribution in [0.5, 0.6) is 0 Å². The molecule has 2 N–H and O–H groups in total. The first-order valence-electron chi connectivity index (χ1n) is 5.15. The molecule has 1 aromatic heterocycles. The Morgan fingerprint density at radius 1 is 1.24 bits per heavy atom. The van der Waals surface area contributed by atoms with Crippen molar-refractivity contribution in [3.05, 3.63) is 51.0 Å². The first-order valence-corrected chi connectivity index (χ1v) is 5.97. The third-order valence-electron chi connectivity index (χ3n) is 2.43. The van der Waals surface area contributed by atoms with Gasteiger partial charge in [-0.05, 0) is 43.7 Å². The molecule has 0 fully saturated rings. The van der Waals surface area contributed by atoms with Gasteiger partial charge < -0.3 is 5.73 Å². The van der Waals surface area contributed by atoms with Crippen molar-refractivity contribution < 1.29 is 9.18 Å². The lowest BCUT2D eigenvalue weighted by Gasteiger charge is -2.02. The molecule has 0 saturated heterocycles. The number of aryl methyl sites for hydroxylation is 2. The molecule has 0 amide bonds. The van der Waals surface area contributed by atoms with Gasteiger partial charge in [-0.25, -0.2) is 4.39 Å². The zero-order chi connectivity index (χ0) is 12.6. The molecule has 0 aliphatic carbocycles. The summed E-state index contributed by atoms with van der Waals surface area (Å²) in [6.45, 7) is 3.81. The first-order chi connectivity index (χ1) is 7.97. The fraction of sp³-hybridized carbons (Fsp3) is 0.154. The van der Waals surface area contributed by atoms with E-state index in [1.807, 2.05) is 19.9 Å². The Morgan fingerprint density at radius 2 is 1.94 bits per heavy atom. The van der Waals surface area contributed by atoms with Crippen LogP contribution in [0.3, 0.4) is 0 Å². The van der Waals surface area contributed by atoms with Crippen molar-refractivity contribution >= 4 is 22.8 Å². The minimum Gasteiger partial charge on any atom is -0.399 e. The van der Waals surface area contributed by atoms with Crippen LogP contribution in [0, 0.1) is 19.7 Å². The number of hydrogen-bond donors (Lipinski definition) is 1. The predicted molar refractivity (Wildman–Crippen MR) is 68.0 cm³/mol. The van der Waals surface area contributed by atoms with Gasteiger partial charge in [0.15, 0.2) is 0 Å². The highest BCUT2D eigenvalue weighted by Crippen LogP contribution is 2.25. The number of carbonyl (C=O) groups is 1. The minimum atomic E-state index is -0.487. The van der Waals surface area contributed by atoms with Gasteiger partial charge in [0.2, 0.25) is 5.78 Å². The van der Waals surface area contributed by atoms with Crippen LogP contribution < -0.4 is 5.73 Å². The van der Waals surface area contributed by atoms with Crippen molar-refractivity contribution in [1.82, 2.24) is 0 Å². The molecule has 1 heterocycles. The number of anilines is 1. The Balaban J connectivity index is 2.47. The molecular weight excluding hydrogens is 237 g/mol. The highest BCUT2D eigenvalue weighted by molar-refractivity contribution is 7.14. The van der Waals surface area contributed by atoms with Crippen LogP contribution in [0.1, 0.15) is 25.7 Å². The van der Waals surface area contributed by atoms with Crippen molar-refractivity contribution in [1.29, 1.82) is 0 Å². The van der Waals surface area contributed by atoms with Crippen LogP contribution in [-0.2, 0) is 0 Å². The molecule has 0 unspecified atom stereocenters. The maximum atomic E-state index is 13.2. The van der Waals surface area contributed by atoms with Crippen LogP contribution >= 0.6 is 11.3 Å². The second kappa shape index (κ2) is 4.30. The molecule has 0 radical (unpaired) electrons. The standard InChI is InChI=1S/C13H12FNOS/c1-7-3-8(2)17-13(7)12(16)9-4-10(14)6-11(15)5-9/h3-6H,15H2,1-2H3. The molecule has 0 aliphatic heterocycles. The number of ketones is 1. The highest BCUT2D eigenvalue weighted by atomic mass is 32.1. The summed E-state index contributed by atoms with van der Waals surface area (Å²) < 4.78 is 13.2. The Kier molecular flexibility index (Phi) is 2.98. The number of halogens is 1. The van der Waals surface area contributed by atoms with Crippen molar-refractivity contribution in [2.24, 2.45) is 0 Å². The van der Waals surface area contributed by atoms with Crippen molar-refractivity contribution in [3.8, 4) is 0 Å². The summed E-state index contributed by atoms with van der Waals surface area (Å²) in [6, 6.07) is 5.86. The molecule has 0 spiro atoms. The van der Waals surface area contributed by atoms with Crippen LogP contribution in [0.2, 0.25) is 0 Å². The monoisotopic (exact) mass is 249 g/mol. The fourth-order valence-electron chi connectivity index (χ4n) is 1.74. The van der Waals surface area contributed by atoms with Gasteiger partial charge in [-0.15, -0.1) is 11.3 Å². The molecular formula is C13H12FNOS. The smallest absolute Gasteiger partial charge is 0.203 e. The Bertz CT molecular complexity index is 569. The van der Waals surface area contributed by atoms with Crippen molar-refractivity contribution in [2.75, 3.05) is 5.73 Å². The normalized spacial score (nSPS) is 10.5. The summed E-state index contributed by atoms with van der Waals surface area (Å²) in [4.78, 5) is 13.9. The molecule has 4 heteroatoms. The molecule has 2 aromatic rings. The van der Waals surface area contributed by atoms with E-state index in [2.05, 4.69) is 0 Å². The van der Waals surface area contributed by atoms with E-state index in [4.69, 9.17) is 5.73 Å². The van der Waals surface area contributed by atoms with Crippen LogP contribution in [0.15, 0.2) is 24.3 Å². The molecule has 0 atom stereocenters. The predicted octanol–water partition coefficient (Wildman–Crippen LogP) is 3.32. The van der Waals surface area contributed by atoms with Crippen LogP contribution in [0.4, 0.5) is 10.1 Å². The van der Waals surface area contributed by atoms with Crippen LogP contribution in [0.25, 0.3) is 0 Å². The van der Waals surface area contributed by atoms with Gasteiger partial charge in [0.25, 0.3) is 0 Å². The van der Waals surface area contributed by atoms with E-state index < -0.39 is 5.82 Å². The Morgan fingerprint density at radius 3 is 2.47 bits per heavy atom. The first kappa shape index (κ1) is 11.8. The van der Waals surface area contributed by atoms with E-state index in [9.17, 15) is 9.18 Å². The average Bonchev–Trinajstić information content (AvgIpc) is 2.55. The van der Waals surface area contributed by atoms with E-state index in [1.54, 1.807) is 0 Å². The van der Waals surface area contributed by atoms with Crippen molar-refractivity contribution in [2.45, 2.75) is 13.8 Å². The average molecular weight is 249 g/mol. The van der Waals surface area contributed by atoms with E-state index >= 15 is 0 Å². The fourth-order valence-corrected chi connectivity index (χ4v) is 2.73. The number of carbonyl (C=O) groups excluding carboxylic acids is 1. The highest BCUT2D eigenvalue weighted by Gasteiger charge is 2.15. The van der Waals surface area contributed by atoms with E-state index in [-0.39, 0.29) is 11.5 Å².